The quantitative estimate of drug-likeness (QED) is 0.373. The summed E-state index contributed by atoms with van der Waals surface area (Å²) in [6.45, 7) is 9.04. The zero-order valence-electron chi connectivity index (χ0n) is 20.3. The van der Waals surface area contributed by atoms with Crippen LogP contribution in [0.15, 0.2) is 42.5 Å². The SMILES string of the molecule is CC(=O)c1ccc(N2CCN(Cn3nc(N4CCCC4)n(-c4ccc(C)cc4)c3=S)CC2)c(F)c1. The summed E-state index contributed by atoms with van der Waals surface area (Å²) in [4.78, 5) is 18.2. The second-order valence-electron chi connectivity index (χ2n) is 9.42. The van der Waals surface area contributed by atoms with E-state index < -0.39 is 0 Å². The third-order valence-corrected chi connectivity index (χ3v) is 7.30. The van der Waals surface area contributed by atoms with Gasteiger partial charge in [-0.1, -0.05) is 17.7 Å². The van der Waals surface area contributed by atoms with Gasteiger partial charge in [0, 0.05) is 44.8 Å². The van der Waals surface area contributed by atoms with E-state index in [1.807, 2.05) is 9.58 Å². The van der Waals surface area contributed by atoms with Crippen LogP contribution >= 0.6 is 12.2 Å². The number of carbonyl (C=O) groups is 1. The Labute approximate surface area is 210 Å². The van der Waals surface area contributed by atoms with Gasteiger partial charge in [0.05, 0.1) is 18.0 Å². The van der Waals surface area contributed by atoms with Gasteiger partial charge in [-0.25, -0.2) is 9.07 Å². The van der Waals surface area contributed by atoms with Gasteiger partial charge >= 0.3 is 0 Å². The van der Waals surface area contributed by atoms with Crippen LogP contribution < -0.4 is 9.80 Å². The van der Waals surface area contributed by atoms with Crippen molar-refractivity contribution < 1.29 is 9.18 Å². The molecule has 0 amide bonds. The minimum atomic E-state index is -0.347. The molecule has 0 spiro atoms. The highest BCUT2D eigenvalue weighted by Crippen LogP contribution is 2.25. The van der Waals surface area contributed by atoms with Crippen LogP contribution in [0, 0.1) is 17.5 Å². The zero-order valence-corrected chi connectivity index (χ0v) is 21.1. The van der Waals surface area contributed by atoms with Crippen molar-refractivity contribution in [2.75, 3.05) is 49.1 Å². The van der Waals surface area contributed by atoms with Gasteiger partial charge in [-0.05, 0) is 69.2 Å². The van der Waals surface area contributed by atoms with Crippen LogP contribution in [-0.4, -0.2) is 64.3 Å². The molecule has 0 N–H and O–H groups in total. The molecule has 3 heterocycles. The van der Waals surface area contributed by atoms with Crippen LogP contribution in [0.1, 0.15) is 35.7 Å². The first-order valence-electron chi connectivity index (χ1n) is 12.2. The van der Waals surface area contributed by atoms with E-state index in [0.717, 1.165) is 37.8 Å². The lowest BCUT2D eigenvalue weighted by Gasteiger charge is -2.36. The third kappa shape index (κ3) is 4.88. The molecule has 5 rings (SSSR count). The van der Waals surface area contributed by atoms with Crippen molar-refractivity contribution in [2.45, 2.75) is 33.4 Å². The second-order valence-corrected chi connectivity index (χ2v) is 9.78. The maximum atomic E-state index is 14.6. The van der Waals surface area contributed by atoms with Crippen LogP contribution in [0.3, 0.4) is 0 Å². The molecule has 3 aromatic rings. The minimum Gasteiger partial charge on any atom is -0.367 e. The Hall–Kier alpha value is -3.04. The van der Waals surface area contributed by atoms with E-state index >= 15 is 0 Å². The molecular weight excluding hydrogens is 463 g/mol. The zero-order chi connectivity index (χ0) is 24.5. The Morgan fingerprint density at radius 3 is 2.29 bits per heavy atom. The van der Waals surface area contributed by atoms with Gasteiger partial charge in [0.25, 0.3) is 0 Å². The largest absolute Gasteiger partial charge is 0.367 e. The fourth-order valence-corrected chi connectivity index (χ4v) is 5.12. The fraction of sp³-hybridized carbons (Fsp3) is 0.423. The lowest BCUT2D eigenvalue weighted by atomic mass is 10.1. The van der Waals surface area contributed by atoms with Crippen LogP contribution in [0.2, 0.25) is 0 Å². The Bertz CT molecular complexity index is 1270. The maximum Gasteiger partial charge on any atom is 0.230 e. The van der Waals surface area contributed by atoms with E-state index in [2.05, 4.69) is 45.6 Å². The molecule has 0 unspecified atom stereocenters. The van der Waals surface area contributed by atoms with E-state index in [1.165, 1.54) is 31.4 Å². The number of hydrogen-bond acceptors (Lipinski definition) is 6. The van der Waals surface area contributed by atoms with Crippen molar-refractivity contribution in [3.8, 4) is 5.69 Å². The monoisotopic (exact) mass is 494 g/mol. The Kier molecular flexibility index (Phi) is 6.71. The summed E-state index contributed by atoms with van der Waals surface area (Å²) in [5, 5.41) is 4.96. The van der Waals surface area contributed by atoms with Gasteiger partial charge in [-0.3, -0.25) is 14.3 Å². The van der Waals surface area contributed by atoms with Crippen LogP contribution in [0.25, 0.3) is 5.69 Å². The van der Waals surface area contributed by atoms with E-state index in [4.69, 9.17) is 17.3 Å². The van der Waals surface area contributed by atoms with Crippen molar-refractivity contribution in [1.29, 1.82) is 0 Å². The average molecular weight is 495 g/mol. The molecule has 0 saturated carbocycles. The first kappa shape index (κ1) is 23.7. The molecular formula is C26H31FN6OS. The molecule has 184 valence electrons. The summed E-state index contributed by atoms with van der Waals surface area (Å²) < 4.78 is 19.3. The average Bonchev–Trinajstić information content (AvgIpc) is 3.49. The van der Waals surface area contributed by atoms with Gasteiger partial charge in [0.15, 0.2) is 5.78 Å². The number of piperazine rings is 1. The van der Waals surface area contributed by atoms with Gasteiger partial charge < -0.3 is 9.80 Å². The summed E-state index contributed by atoms with van der Waals surface area (Å²) in [5.74, 6) is 0.429. The molecule has 1 aromatic heterocycles. The van der Waals surface area contributed by atoms with Gasteiger partial charge in [-0.2, -0.15) is 0 Å². The predicted octanol–water partition coefficient (Wildman–Crippen LogP) is 4.43. The highest BCUT2D eigenvalue weighted by Gasteiger charge is 2.24. The fourth-order valence-electron chi connectivity index (χ4n) is 4.83. The van der Waals surface area contributed by atoms with Gasteiger partial charge in [0.2, 0.25) is 10.7 Å². The lowest BCUT2D eigenvalue weighted by molar-refractivity contribution is 0.101. The molecule has 0 atom stereocenters. The smallest absolute Gasteiger partial charge is 0.230 e. The molecule has 2 aliphatic rings. The standard InChI is InChI=1S/C26H31FN6OS/c1-19-5-8-22(9-6-19)33-25(31-11-3-4-12-31)28-32(26(33)35)18-29-13-15-30(16-14-29)24-10-7-21(20(2)34)17-23(24)27/h5-10,17H,3-4,11-16,18H2,1-2H3. The van der Waals surface area contributed by atoms with E-state index in [9.17, 15) is 9.18 Å². The van der Waals surface area contributed by atoms with Crippen molar-refractivity contribution in [3.63, 3.8) is 0 Å². The molecule has 7 nitrogen and oxygen atoms in total. The van der Waals surface area contributed by atoms with Crippen LogP contribution in [0.4, 0.5) is 16.0 Å². The normalized spacial score (nSPS) is 16.8. The summed E-state index contributed by atoms with van der Waals surface area (Å²) >= 11 is 5.90. The number of halogens is 1. The van der Waals surface area contributed by atoms with Crippen molar-refractivity contribution in [3.05, 3.63) is 64.2 Å². The van der Waals surface area contributed by atoms with E-state index in [-0.39, 0.29) is 11.6 Å². The maximum absolute atomic E-state index is 14.6. The Morgan fingerprint density at radius 2 is 1.66 bits per heavy atom. The second kappa shape index (κ2) is 9.91. The van der Waals surface area contributed by atoms with Crippen LogP contribution in [0.5, 0.6) is 0 Å². The number of aromatic nitrogens is 3. The van der Waals surface area contributed by atoms with Gasteiger partial charge in [0.1, 0.15) is 5.82 Å². The topological polar surface area (TPSA) is 49.5 Å². The molecule has 35 heavy (non-hydrogen) atoms. The van der Waals surface area contributed by atoms with Crippen molar-refractivity contribution in [2.24, 2.45) is 0 Å². The molecule has 2 fully saturated rings. The highest BCUT2D eigenvalue weighted by molar-refractivity contribution is 7.71. The lowest BCUT2D eigenvalue weighted by Crippen LogP contribution is -2.47. The van der Waals surface area contributed by atoms with Crippen LogP contribution in [-0.2, 0) is 6.67 Å². The number of aryl methyl sites for hydroxylation is 1. The third-order valence-electron chi connectivity index (χ3n) is 6.90. The predicted molar refractivity (Wildman–Crippen MR) is 139 cm³/mol. The Balaban J connectivity index is 1.33. The minimum absolute atomic E-state index is 0.129. The summed E-state index contributed by atoms with van der Waals surface area (Å²) in [5.41, 5.74) is 3.19. The first-order chi connectivity index (χ1) is 16.9. The molecule has 0 radical (unpaired) electrons. The Morgan fingerprint density at radius 1 is 0.971 bits per heavy atom. The van der Waals surface area contributed by atoms with Gasteiger partial charge in [-0.15, -0.1) is 5.10 Å². The highest BCUT2D eigenvalue weighted by atomic mass is 32.1. The van der Waals surface area contributed by atoms with E-state index in [1.54, 1.807) is 12.1 Å². The number of rotatable bonds is 6. The molecule has 2 aromatic carbocycles. The number of Topliss-reactive ketones (excluding diaryl/α,β-unsaturated/α-hetero) is 1. The number of ketones is 1. The first-order valence-corrected chi connectivity index (χ1v) is 12.6. The molecule has 2 aliphatic heterocycles. The molecule has 0 aliphatic carbocycles. The molecule has 9 heteroatoms. The number of hydrogen-bond donors (Lipinski definition) is 0. The van der Waals surface area contributed by atoms with Crippen molar-refractivity contribution >= 4 is 29.6 Å². The van der Waals surface area contributed by atoms with Crippen molar-refractivity contribution in [1.82, 2.24) is 19.2 Å². The summed E-state index contributed by atoms with van der Waals surface area (Å²) in [6, 6.07) is 13.1. The number of anilines is 2. The number of benzene rings is 2. The molecule has 2 saturated heterocycles. The summed E-state index contributed by atoms with van der Waals surface area (Å²) in [6.07, 6.45) is 2.33. The number of nitrogens with zero attached hydrogens (tertiary/aromatic N) is 6. The molecule has 0 bridgehead atoms. The van der Waals surface area contributed by atoms with E-state index in [0.29, 0.717) is 35.8 Å². The summed E-state index contributed by atoms with van der Waals surface area (Å²) in [7, 11) is 0. The number of carbonyl (C=O) groups excluding carboxylic acids is 1.